The van der Waals surface area contributed by atoms with E-state index in [1.807, 2.05) is 6.07 Å². The first-order valence-corrected chi connectivity index (χ1v) is 6.05. The maximum absolute atomic E-state index is 11.7. The van der Waals surface area contributed by atoms with Crippen LogP contribution in [0, 0.1) is 11.3 Å². The third-order valence-electron chi connectivity index (χ3n) is 2.37. The number of rotatable bonds is 3. The molecular formula is C14H19N3O2. The Kier molecular flexibility index (Phi) is 4.90. The zero-order valence-electron chi connectivity index (χ0n) is 11.4. The van der Waals surface area contributed by atoms with Crippen molar-refractivity contribution in [3.8, 4) is 6.07 Å². The van der Waals surface area contributed by atoms with Crippen molar-refractivity contribution in [2.24, 2.45) is 5.73 Å². The monoisotopic (exact) mass is 261 g/mol. The third-order valence-corrected chi connectivity index (χ3v) is 2.37. The minimum atomic E-state index is -0.548. The van der Waals surface area contributed by atoms with Crippen molar-refractivity contribution < 1.29 is 9.53 Å². The number of hydrogen-bond donors (Lipinski definition) is 2. The van der Waals surface area contributed by atoms with Gasteiger partial charge in [0.1, 0.15) is 5.60 Å². The first-order chi connectivity index (χ1) is 8.85. The van der Waals surface area contributed by atoms with Crippen molar-refractivity contribution in [3.63, 3.8) is 0 Å². The summed E-state index contributed by atoms with van der Waals surface area (Å²) >= 11 is 0. The molecule has 0 aliphatic rings. The van der Waals surface area contributed by atoms with E-state index in [2.05, 4.69) is 5.32 Å². The summed E-state index contributed by atoms with van der Waals surface area (Å²) in [6.07, 6.45) is -0.507. The number of alkyl carbamates (subject to hydrolysis) is 1. The number of benzene rings is 1. The van der Waals surface area contributed by atoms with E-state index >= 15 is 0 Å². The summed E-state index contributed by atoms with van der Waals surface area (Å²) < 4.78 is 5.18. The van der Waals surface area contributed by atoms with E-state index in [0.717, 1.165) is 5.56 Å². The van der Waals surface area contributed by atoms with Gasteiger partial charge >= 0.3 is 6.09 Å². The molecule has 0 radical (unpaired) electrons. The molecule has 0 aliphatic carbocycles. The van der Waals surface area contributed by atoms with Crippen LogP contribution < -0.4 is 11.1 Å². The molecule has 1 aromatic rings. The van der Waals surface area contributed by atoms with Gasteiger partial charge in [0.15, 0.2) is 0 Å². The van der Waals surface area contributed by atoms with Crippen molar-refractivity contribution in [2.75, 3.05) is 6.54 Å². The molecular weight excluding hydrogens is 242 g/mol. The minimum absolute atomic E-state index is 0.255. The molecule has 1 aromatic carbocycles. The van der Waals surface area contributed by atoms with Gasteiger partial charge in [0, 0.05) is 6.54 Å². The predicted molar refractivity (Wildman–Crippen MR) is 72.3 cm³/mol. The van der Waals surface area contributed by atoms with Gasteiger partial charge in [-0.25, -0.2) is 4.79 Å². The van der Waals surface area contributed by atoms with E-state index in [-0.39, 0.29) is 12.6 Å². The van der Waals surface area contributed by atoms with E-state index < -0.39 is 11.7 Å². The van der Waals surface area contributed by atoms with Gasteiger partial charge < -0.3 is 15.8 Å². The van der Waals surface area contributed by atoms with E-state index in [1.165, 1.54) is 0 Å². The van der Waals surface area contributed by atoms with Crippen LogP contribution in [-0.2, 0) is 4.74 Å². The number of nitrogens with one attached hydrogen (secondary N) is 1. The lowest BCUT2D eigenvalue weighted by atomic mass is 10.1. The second-order valence-corrected chi connectivity index (χ2v) is 5.17. The van der Waals surface area contributed by atoms with Gasteiger partial charge in [0.25, 0.3) is 0 Å². The van der Waals surface area contributed by atoms with Crippen LogP contribution in [0.4, 0.5) is 4.79 Å². The van der Waals surface area contributed by atoms with E-state index in [9.17, 15) is 4.79 Å². The van der Waals surface area contributed by atoms with Gasteiger partial charge in [-0.05, 0) is 38.5 Å². The average molecular weight is 261 g/mol. The molecule has 1 rings (SSSR count). The van der Waals surface area contributed by atoms with Gasteiger partial charge in [-0.2, -0.15) is 5.26 Å². The number of nitriles is 1. The lowest BCUT2D eigenvalue weighted by Gasteiger charge is -2.23. The zero-order chi connectivity index (χ0) is 14.5. The van der Waals surface area contributed by atoms with Crippen molar-refractivity contribution in [1.82, 2.24) is 5.32 Å². The Balaban J connectivity index is 2.72. The first-order valence-electron chi connectivity index (χ1n) is 6.05. The standard InChI is InChI=1S/C14H19N3O2/c1-14(2,3)19-13(18)17-12(9-16)11-6-4-10(8-15)5-7-11/h4-7,12H,9,16H2,1-3H3,(H,17,18). The molecule has 5 nitrogen and oxygen atoms in total. The molecule has 0 aliphatic heterocycles. The maximum Gasteiger partial charge on any atom is 0.408 e. The number of nitrogens with two attached hydrogens (primary N) is 1. The normalized spacial score (nSPS) is 12.4. The smallest absolute Gasteiger partial charge is 0.408 e. The zero-order valence-corrected chi connectivity index (χ0v) is 11.4. The Morgan fingerprint density at radius 2 is 2.00 bits per heavy atom. The van der Waals surface area contributed by atoms with Crippen molar-refractivity contribution in [1.29, 1.82) is 5.26 Å². The van der Waals surface area contributed by atoms with Crippen molar-refractivity contribution in [2.45, 2.75) is 32.4 Å². The fourth-order valence-electron chi connectivity index (χ4n) is 1.52. The quantitative estimate of drug-likeness (QED) is 0.872. The van der Waals surface area contributed by atoms with E-state index in [0.29, 0.717) is 5.56 Å². The Morgan fingerprint density at radius 3 is 2.42 bits per heavy atom. The average Bonchev–Trinajstić information content (AvgIpc) is 2.34. The Labute approximate surface area is 113 Å². The highest BCUT2D eigenvalue weighted by atomic mass is 16.6. The summed E-state index contributed by atoms with van der Waals surface area (Å²) in [7, 11) is 0. The summed E-state index contributed by atoms with van der Waals surface area (Å²) in [5, 5.41) is 11.4. The largest absolute Gasteiger partial charge is 0.444 e. The molecule has 0 heterocycles. The summed E-state index contributed by atoms with van der Waals surface area (Å²) in [5.74, 6) is 0. The van der Waals surface area contributed by atoms with Crippen LogP contribution in [0.3, 0.4) is 0 Å². The maximum atomic E-state index is 11.7. The molecule has 102 valence electrons. The van der Waals surface area contributed by atoms with Gasteiger partial charge in [-0.1, -0.05) is 12.1 Å². The van der Waals surface area contributed by atoms with Gasteiger partial charge in [-0.3, -0.25) is 0 Å². The number of amides is 1. The Bertz CT molecular complexity index is 469. The SMILES string of the molecule is CC(C)(C)OC(=O)NC(CN)c1ccc(C#N)cc1. The predicted octanol–water partition coefficient (Wildman–Crippen LogP) is 2.08. The molecule has 0 bridgehead atoms. The summed E-state index contributed by atoms with van der Waals surface area (Å²) in [6.45, 7) is 5.65. The summed E-state index contributed by atoms with van der Waals surface area (Å²) in [5.41, 5.74) is 6.51. The van der Waals surface area contributed by atoms with Crippen molar-refractivity contribution in [3.05, 3.63) is 35.4 Å². The van der Waals surface area contributed by atoms with Crippen LogP contribution >= 0.6 is 0 Å². The molecule has 3 N–H and O–H groups in total. The highest BCUT2D eigenvalue weighted by Crippen LogP contribution is 2.14. The fourth-order valence-corrected chi connectivity index (χ4v) is 1.52. The van der Waals surface area contributed by atoms with Gasteiger partial charge in [0.2, 0.25) is 0 Å². The Hall–Kier alpha value is -2.06. The van der Waals surface area contributed by atoms with Crippen LogP contribution in [0.5, 0.6) is 0 Å². The topological polar surface area (TPSA) is 88.1 Å². The van der Waals surface area contributed by atoms with Gasteiger partial charge in [-0.15, -0.1) is 0 Å². The van der Waals surface area contributed by atoms with Crippen LogP contribution in [0.1, 0.15) is 37.9 Å². The molecule has 5 heteroatoms. The third kappa shape index (κ3) is 4.98. The molecule has 1 unspecified atom stereocenters. The van der Waals surface area contributed by atoms with Crippen LogP contribution in [0.2, 0.25) is 0 Å². The lowest BCUT2D eigenvalue weighted by molar-refractivity contribution is 0.0505. The number of nitrogens with zero attached hydrogens (tertiary/aromatic N) is 1. The van der Waals surface area contributed by atoms with Gasteiger partial charge in [0.05, 0.1) is 17.7 Å². The Morgan fingerprint density at radius 1 is 1.42 bits per heavy atom. The summed E-state index contributed by atoms with van der Waals surface area (Å²) in [6, 6.07) is 8.63. The fraction of sp³-hybridized carbons (Fsp3) is 0.429. The number of ether oxygens (including phenoxy) is 1. The molecule has 0 saturated heterocycles. The molecule has 1 amide bonds. The van der Waals surface area contributed by atoms with Crippen molar-refractivity contribution >= 4 is 6.09 Å². The van der Waals surface area contributed by atoms with E-state index in [4.69, 9.17) is 15.7 Å². The molecule has 0 saturated carbocycles. The van der Waals surface area contributed by atoms with Crippen LogP contribution in [0.25, 0.3) is 0 Å². The molecule has 0 aromatic heterocycles. The van der Waals surface area contributed by atoms with Crippen LogP contribution in [0.15, 0.2) is 24.3 Å². The molecule has 1 atom stereocenters. The molecule has 19 heavy (non-hydrogen) atoms. The highest BCUT2D eigenvalue weighted by Gasteiger charge is 2.19. The minimum Gasteiger partial charge on any atom is -0.444 e. The van der Waals surface area contributed by atoms with Crippen LogP contribution in [-0.4, -0.2) is 18.2 Å². The summed E-state index contributed by atoms with van der Waals surface area (Å²) in [4.78, 5) is 11.7. The second kappa shape index (κ2) is 6.21. The molecule has 0 fully saturated rings. The number of carbonyl (C=O) groups excluding carboxylic acids is 1. The highest BCUT2D eigenvalue weighted by molar-refractivity contribution is 5.68. The molecule has 0 spiro atoms. The number of hydrogen-bond acceptors (Lipinski definition) is 4. The first kappa shape index (κ1) is 15.0. The number of carbonyl (C=O) groups is 1. The second-order valence-electron chi connectivity index (χ2n) is 5.17. The van der Waals surface area contributed by atoms with E-state index in [1.54, 1.807) is 45.0 Å². The lowest BCUT2D eigenvalue weighted by Crippen LogP contribution is -2.37.